The first-order valence-electron chi connectivity index (χ1n) is 6.86. The molecule has 0 saturated heterocycles. The van der Waals surface area contributed by atoms with Gasteiger partial charge in [-0.05, 0) is 30.2 Å². The smallest absolute Gasteiger partial charge is 0.228 e. The zero-order chi connectivity index (χ0) is 14.4. The SMILES string of the molecule is NC(=O)C1(c2cncc3[nH]ccc23)CC1c1ccccn1. The quantitative estimate of drug-likeness (QED) is 0.767. The standard InChI is InChI=1S/C16H14N4O/c17-15(21)16(7-11(16)13-3-1-2-5-19-13)12-8-18-9-14-10(12)4-6-20-14/h1-6,8-9,11,20H,7H2,(H2,17,21). The van der Waals surface area contributed by atoms with Crippen molar-refractivity contribution in [2.24, 2.45) is 5.73 Å². The summed E-state index contributed by atoms with van der Waals surface area (Å²) in [6.45, 7) is 0. The first-order chi connectivity index (χ1) is 10.2. The number of H-pyrrole nitrogens is 1. The Labute approximate surface area is 121 Å². The largest absolute Gasteiger partial charge is 0.369 e. The Hall–Kier alpha value is -2.69. The van der Waals surface area contributed by atoms with Crippen LogP contribution in [0.3, 0.4) is 0 Å². The highest BCUT2D eigenvalue weighted by Crippen LogP contribution is 2.60. The third-order valence-corrected chi connectivity index (χ3v) is 4.40. The third-order valence-electron chi connectivity index (χ3n) is 4.40. The average molecular weight is 278 g/mol. The van der Waals surface area contributed by atoms with Crippen molar-refractivity contribution in [2.45, 2.75) is 17.8 Å². The number of carbonyl (C=O) groups excluding carboxylic acids is 1. The lowest BCUT2D eigenvalue weighted by Crippen LogP contribution is -2.30. The molecule has 2 atom stereocenters. The molecule has 0 aromatic carbocycles. The van der Waals surface area contributed by atoms with E-state index in [0.717, 1.165) is 22.2 Å². The maximum absolute atomic E-state index is 12.2. The summed E-state index contributed by atoms with van der Waals surface area (Å²) in [5, 5.41) is 1.00. The fourth-order valence-corrected chi connectivity index (χ4v) is 3.24. The number of primary amides is 1. The summed E-state index contributed by atoms with van der Waals surface area (Å²) >= 11 is 0. The van der Waals surface area contributed by atoms with Gasteiger partial charge in [0, 0.05) is 35.6 Å². The number of nitrogens with zero attached hydrogens (tertiary/aromatic N) is 2. The topological polar surface area (TPSA) is 84.7 Å². The van der Waals surface area contributed by atoms with Crippen LogP contribution in [0.15, 0.2) is 49.1 Å². The van der Waals surface area contributed by atoms with Crippen LogP contribution in [-0.4, -0.2) is 20.9 Å². The molecule has 4 rings (SSSR count). The molecule has 1 aliphatic carbocycles. The van der Waals surface area contributed by atoms with Gasteiger partial charge in [-0.1, -0.05) is 6.07 Å². The maximum Gasteiger partial charge on any atom is 0.228 e. The molecule has 0 spiro atoms. The number of carbonyl (C=O) groups is 1. The fraction of sp³-hybridized carbons (Fsp3) is 0.188. The number of pyridine rings is 2. The molecule has 1 saturated carbocycles. The lowest BCUT2D eigenvalue weighted by molar-refractivity contribution is -0.120. The molecule has 0 bridgehead atoms. The molecular weight excluding hydrogens is 264 g/mol. The molecule has 0 aliphatic heterocycles. The molecule has 3 heterocycles. The molecule has 0 radical (unpaired) electrons. The zero-order valence-corrected chi connectivity index (χ0v) is 11.3. The van der Waals surface area contributed by atoms with Crippen molar-refractivity contribution in [1.29, 1.82) is 0 Å². The highest BCUT2D eigenvalue weighted by atomic mass is 16.1. The Morgan fingerprint density at radius 3 is 3.00 bits per heavy atom. The minimum absolute atomic E-state index is 0.0264. The van der Waals surface area contributed by atoms with Gasteiger partial charge >= 0.3 is 0 Å². The molecule has 2 unspecified atom stereocenters. The lowest BCUT2D eigenvalue weighted by atomic mass is 9.90. The van der Waals surface area contributed by atoms with Crippen LogP contribution in [0.1, 0.15) is 23.6 Å². The van der Waals surface area contributed by atoms with E-state index in [-0.39, 0.29) is 11.8 Å². The minimum atomic E-state index is -0.691. The Balaban J connectivity index is 1.88. The number of hydrogen-bond acceptors (Lipinski definition) is 3. The summed E-state index contributed by atoms with van der Waals surface area (Å²) in [7, 11) is 0. The molecule has 5 nitrogen and oxygen atoms in total. The van der Waals surface area contributed by atoms with Crippen LogP contribution < -0.4 is 5.73 Å². The van der Waals surface area contributed by atoms with Crippen LogP contribution in [-0.2, 0) is 10.2 Å². The first-order valence-corrected chi connectivity index (χ1v) is 6.86. The molecule has 3 N–H and O–H groups in total. The van der Waals surface area contributed by atoms with Crippen LogP contribution in [0.25, 0.3) is 10.9 Å². The Morgan fingerprint density at radius 2 is 2.24 bits per heavy atom. The Kier molecular flexibility index (Phi) is 2.39. The van der Waals surface area contributed by atoms with Gasteiger partial charge in [0.1, 0.15) is 0 Å². The van der Waals surface area contributed by atoms with E-state index in [1.807, 2.05) is 30.5 Å². The molecule has 3 aromatic rings. The monoisotopic (exact) mass is 278 g/mol. The van der Waals surface area contributed by atoms with E-state index in [2.05, 4.69) is 15.0 Å². The van der Waals surface area contributed by atoms with Crippen molar-refractivity contribution < 1.29 is 4.79 Å². The van der Waals surface area contributed by atoms with Gasteiger partial charge in [0.25, 0.3) is 0 Å². The van der Waals surface area contributed by atoms with Crippen molar-refractivity contribution in [2.75, 3.05) is 0 Å². The number of rotatable bonds is 3. The van der Waals surface area contributed by atoms with Crippen LogP contribution >= 0.6 is 0 Å². The highest BCUT2D eigenvalue weighted by Gasteiger charge is 2.62. The van der Waals surface area contributed by atoms with Crippen molar-refractivity contribution >= 4 is 16.8 Å². The van der Waals surface area contributed by atoms with E-state index < -0.39 is 5.41 Å². The second kappa shape index (κ2) is 4.15. The molecule has 104 valence electrons. The van der Waals surface area contributed by atoms with Gasteiger partial charge in [-0.25, -0.2) is 0 Å². The van der Waals surface area contributed by atoms with Crippen LogP contribution in [0.5, 0.6) is 0 Å². The molecular formula is C16H14N4O. The number of fused-ring (bicyclic) bond motifs is 1. The van der Waals surface area contributed by atoms with Gasteiger partial charge in [0.15, 0.2) is 0 Å². The van der Waals surface area contributed by atoms with Crippen LogP contribution in [0.2, 0.25) is 0 Å². The Bertz CT molecular complexity index is 826. The summed E-state index contributed by atoms with van der Waals surface area (Å²) in [5.74, 6) is -0.285. The van der Waals surface area contributed by atoms with Crippen LogP contribution in [0, 0.1) is 0 Å². The third kappa shape index (κ3) is 1.60. The average Bonchev–Trinajstić information content (AvgIpc) is 3.09. The van der Waals surface area contributed by atoms with E-state index in [1.54, 1.807) is 18.6 Å². The summed E-state index contributed by atoms with van der Waals surface area (Å²) in [4.78, 5) is 23.9. The summed E-state index contributed by atoms with van der Waals surface area (Å²) in [6.07, 6.45) is 7.79. The number of aromatic nitrogens is 3. The molecule has 1 amide bonds. The highest BCUT2D eigenvalue weighted by molar-refractivity contribution is 5.97. The number of aromatic amines is 1. The lowest BCUT2D eigenvalue weighted by Gasteiger charge is -2.14. The molecule has 1 fully saturated rings. The molecule has 5 heteroatoms. The van der Waals surface area contributed by atoms with E-state index >= 15 is 0 Å². The Morgan fingerprint density at radius 1 is 1.33 bits per heavy atom. The van der Waals surface area contributed by atoms with Gasteiger partial charge in [-0.2, -0.15) is 0 Å². The molecule has 1 aliphatic rings. The van der Waals surface area contributed by atoms with E-state index in [9.17, 15) is 4.79 Å². The van der Waals surface area contributed by atoms with Gasteiger partial charge < -0.3 is 10.7 Å². The minimum Gasteiger partial charge on any atom is -0.369 e. The predicted octanol–water partition coefficient (Wildman–Crippen LogP) is 1.87. The van der Waals surface area contributed by atoms with Gasteiger partial charge in [-0.3, -0.25) is 14.8 Å². The van der Waals surface area contributed by atoms with E-state index in [0.29, 0.717) is 6.42 Å². The zero-order valence-electron chi connectivity index (χ0n) is 11.3. The summed E-state index contributed by atoms with van der Waals surface area (Å²) in [5.41, 5.74) is 7.77. The van der Waals surface area contributed by atoms with Crippen molar-refractivity contribution in [3.05, 3.63) is 60.3 Å². The number of hydrogen-bond donors (Lipinski definition) is 2. The predicted molar refractivity (Wildman–Crippen MR) is 78.6 cm³/mol. The summed E-state index contributed by atoms with van der Waals surface area (Å²) in [6, 6.07) is 7.71. The van der Waals surface area contributed by atoms with Crippen LogP contribution in [0.4, 0.5) is 0 Å². The van der Waals surface area contributed by atoms with Gasteiger partial charge in [0.2, 0.25) is 5.91 Å². The second-order valence-corrected chi connectivity index (χ2v) is 5.47. The first kappa shape index (κ1) is 12.1. The maximum atomic E-state index is 12.2. The number of nitrogens with two attached hydrogens (primary N) is 1. The van der Waals surface area contributed by atoms with Gasteiger partial charge in [0.05, 0.1) is 17.1 Å². The van der Waals surface area contributed by atoms with E-state index in [1.165, 1.54) is 0 Å². The second-order valence-electron chi connectivity index (χ2n) is 5.47. The number of amides is 1. The normalized spacial score (nSPS) is 24.1. The summed E-state index contributed by atoms with van der Waals surface area (Å²) < 4.78 is 0. The number of nitrogens with one attached hydrogen (secondary N) is 1. The van der Waals surface area contributed by atoms with Crippen molar-refractivity contribution in [3.8, 4) is 0 Å². The molecule has 21 heavy (non-hydrogen) atoms. The van der Waals surface area contributed by atoms with Crippen molar-refractivity contribution in [3.63, 3.8) is 0 Å². The molecule has 3 aromatic heterocycles. The fourth-order valence-electron chi connectivity index (χ4n) is 3.24. The van der Waals surface area contributed by atoms with Crippen molar-refractivity contribution in [1.82, 2.24) is 15.0 Å². The van der Waals surface area contributed by atoms with Gasteiger partial charge in [-0.15, -0.1) is 0 Å². The van der Waals surface area contributed by atoms with E-state index in [4.69, 9.17) is 5.73 Å².